The monoisotopic (exact) mass is 489 g/mol. The number of hydrogen-bond donors (Lipinski definition) is 1. The predicted octanol–water partition coefficient (Wildman–Crippen LogP) is 5.84. The van der Waals surface area contributed by atoms with Gasteiger partial charge < -0.3 is 24.0 Å². The lowest BCUT2D eigenvalue weighted by atomic mass is 9.75. The summed E-state index contributed by atoms with van der Waals surface area (Å²) in [6, 6.07) is 12.6. The van der Waals surface area contributed by atoms with Gasteiger partial charge in [-0.3, -0.25) is 4.57 Å². The first-order chi connectivity index (χ1) is 16.1. The molecule has 1 N–H and O–H groups in total. The topological polar surface area (TPSA) is 68.2 Å². The van der Waals surface area contributed by atoms with Crippen molar-refractivity contribution in [2.75, 3.05) is 33.2 Å². The van der Waals surface area contributed by atoms with Crippen LogP contribution in [0.15, 0.2) is 42.5 Å². The van der Waals surface area contributed by atoms with Crippen molar-refractivity contribution in [3.63, 3.8) is 0 Å². The highest BCUT2D eigenvalue weighted by Crippen LogP contribution is 2.61. The van der Waals surface area contributed by atoms with Gasteiger partial charge in [-0.25, -0.2) is 0 Å². The van der Waals surface area contributed by atoms with Crippen LogP contribution in [0, 0.1) is 17.8 Å². The minimum absolute atomic E-state index is 0.193. The van der Waals surface area contributed by atoms with Crippen LogP contribution in [0.4, 0.5) is 5.69 Å². The van der Waals surface area contributed by atoms with Gasteiger partial charge in [0.25, 0.3) is 7.37 Å². The second kappa shape index (κ2) is 11.2. The van der Waals surface area contributed by atoms with Gasteiger partial charge in [-0.1, -0.05) is 27.2 Å². The summed E-state index contributed by atoms with van der Waals surface area (Å²) in [5, 5.41) is 12.2. The smallest absolute Gasteiger partial charge is 0.264 e. The standard InChI is InChI=1S/C27H40NO5P/c1-18(2)23-14-8-19(3)16-26(23)33-34(30,22-12-9-20(10-13-22)28(4)5)27(29)24-15-11-21(31-6)17-25(24)32-7/h9-13,15,17-19,23,26-27,29H,8,14,16H2,1-7H3. The molecule has 3 rings (SSSR count). The fraction of sp³-hybridized carbons (Fsp3) is 0.556. The van der Waals surface area contributed by atoms with Crippen LogP contribution in [0.1, 0.15) is 51.4 Å². The number of anilines is 1. The molecule has 2 aromatic rings. The molecule has 0 saturated heterocycles. The van der Waals surface area contributed by atoms with Gasteiger partial charge >= 0.3 is 0 Å². The SMILES string of the molecule is COc1ccc(C(O)P(=O)(OC2CC(C)CCC2C(C)C)c2ccc(N(C)C)cc2)c(OC)c1. The van der Waals surface area contributed by atoms with Crippen LogP contribution < -0.4 is 19.7 Å². The Bertz CT molecular complexity index is 991. The second-order valence-corrected chi connectivity index (χ2v) is 12.4. The van der Waals surface area contributed by atoms with E-state index in [1.807, 2.05) is 43.3 Å². The lowest BCUT2D eigenvalue weighted by molar-refractivity contribution is 0.0425. The molecular weight excluding hydrogens is 449 g/mol. The van der Waals surface area contributed by atoms with Gasteiger partial charge in [0.15, 0.2) is 5.85 Å². The summed E-state index contributed by atoms with van der Waals surface area (Å²) >= 11 is 0. The number of aliphatic hydroxyl groups excluding tert-OH is 1. The van der Waals surface area contributed by atoms with Crippen LogP contribution in [0.2, 0.25) is 0 Å². The van der Waals surface area contributed by atoms with Gasteiger partial charge in [-0.2, -0.15) is 0 Å². The average molecular weight is 490 g/mol. The van der Waals surface area contributed by atoms with Gasteiger partial charge in [0.05, 0.1) is 20.3 Å². The van der Waals surface area contributed by atoms with Crippen molar-refractivity contribution in [2.45, 2.75) is 52.0 Å². The lowest BCUT2D eigenvalue weighted by Crippen LogP contribution is -2.35. The molecule has 0 radical (unpaired) electrons. The van der Waals surface area contributed by atoms with E-state index >= 15 is 0 Å². The van der Waals surface area contributed by atoms with E-state index in [0.717, 1.165) is 24.9 Å². The number of ether oxygens (including phenoxy) is 2. The second-order valence-electron chi connectivity index (χ2n) is 9.96. The summed E-state index contributed by atoms with van der Waals surface area (Å²) in [5.41, 5.74) is 1.41. The van der Waals surface area contributed by atoms with Crippen LogP contribution in [0.25, 0.3) is 0 Å². The molecule has 7 heteroatoms. The summed E-state index contributed by atoms with van der Waals surface area (Å²) in [6.45, 7) is 6.60. The fourth-order valence-corrected chi connectivity index (χ4v) is 7.18. The molecule has 1 saturated carbocycles. The Hall–Kier alpha value is -2.01. The Morgan fingerprint density at radius 2 is 1.71 bits per heavy atom. The maximum Gasteiger partial charge on any atom is 0.264 e. The molecule has 0 amide bonds. The minimum atomic E-state index is -3.75. The summed E-state index contributed by atoms with van der Waals surface area (Å²) in [4.78, 5) is 1.98. The molecule has 1 aliphatic rings. The summed E-state index contributed by atoms with van der Waals surface area (Å²) in [7, 11) is 3.26. The van der Waals surface area contributed by atoms with Crippen LogP contribution in [0.3, 0.4) is 0 Å². The molecule has 1 aliphatic carbocycles. The molecule has 0 spiro atoms. The molecule has 0 heterocycles. The van der Waals surface area contributed by atoms with E-state index in [1.165, 1.54) is 7.11 Å². The quantitative estimate of drug-likeness (QED) is 0.446. The molecule has 6 nitrogen and oxygen atoms in total. The average Bonchev–Trinajstić information content (AvgIpc) is 2.82. The Balaban J connectivity index is 2.09. The zero-order valence-corrected chi connectivity index (χ0v) is 22.4. The molecule has 0 aromatic heterocycles. The first kappa shape index (κ1) is 26.6. The number of nitrogens with zero attached hydrogens (tertiary/aromatic N) is 1. The molecule has 5 unspecified atom stereocenters. The fourth-order valence-electron chi connectivity index (χ4n) is 4.87. The van der Waals surface area contributed by atoms with Crippen LogP contribution >= 0.6 is 7.37 Å². The third-order valence-corrected chi connectivity index (χ3v) is 9.54. The highest BCUT2D eigenvalue weighted by molar-refractivity contribution is 7.67. The summed E-state index contributed by atoms with van der Waals surface area (Å²) in [6.07, 6.45) is 2.81. The van der Waals surface area contributed by atoms with Crippen molar-refractivity contribution < 1.29 is 23.7 Å². The number of hydrogen-bond acceptors (Lipinski definition) is 6. The van der Waals surface area contributed by atoms with Gasteiger partial charge in [0, 0.05) is 36.7 Å². The zero-order valence-electron chi connectivity index (χ0n) is 21.5. The van der Waals surface area contributed by atoms with Crippen molar-refractivity contribution in [1.29, 1.82) is 0 Å². The third kappa shape index (κ3) is 5.62. The van der Waals surface area contributed by atoms with Crippen molar-refractivity contribution in [2.24, 2.45) is 17.8 Å². The largest absolute Gasteiger partial charge is 0.497 e. The Labute approximate surface area is 204 Å². The number of rotatable bonds is 9. The van der Waals surface area contributed by atoms with Crippen LogP contribution in [-0.4, -0.2) is 39.5 Å². The van der Waals surface area contributed by atoms with Crippen molar-refractivity contribution in [3.8, 4) is 11.5 Å². The number of aliphatic hydroxyl groups is 1. The summed E-state index contributed by atoms with van der Waals surface area (Å²) in [5.74, 6) is 0.809. The maximum atomic E-state index is 14.8. The molecule has 1 fully saturated rings. The maximum absolute atomic E-state index is 14.8. The van der Waals surface area contributed by atoms with E-state index in [4.69, 9.17) is 14.0 Å². The first-order valence-corrected chi connectivity index (χ1v) is 13.8. The molecule has 0 bridgehead atoms. The van der Waals surface area contributed by atoms with Gasteiger partial charge in [-0.05, 0) is 67.0 Å². The molecule has 188 valence electrons. The molecule has 5 atom stereocenters. The van der Waals surface area contributed by atoms with Crippen molar-refractivity contribution in [3.05, 3.63) is 48.0 Å². The van der Waals surface area contributed by atoms with Gasteiger partial charge in [0.1, 0.15) is 11.5 Å². The lowest BCUT2D eigenvalue weighted by Gasteiger charge is -2.40. The third-order valence-electron chi connectivity index (χ3n) is 7.02. The van der Waals surface area contributed by atoms with E-state index in [0.29, 0.717) is 34.2 Å². The predicted molar refractivity (Wildman–Crippen MR) is 139 cm³/mol. The number of methoxy groups -OCH3 is 2. The minimum Gasteiger partial charge on any atom is -0.497 e. The highest BCUT2D eigenvalue weighted by Gasteiger charge is 2.43. The van der Waals surface area contributed by atoms with Crippen LogP contribution in [-0.2, 0) is 9.09 Å². The van der Waals surface area contributed by atoms with Crippen molar-refractivity contribution >= 4 is 18.4 Å². The van der Waals surface area contributed by atoms with Crippen LogP contribution in [0.5, 0.6) is 11.5 Å². The molecule has 2 aromatic carbocycles. The highest BCUT2D eigenvalue weighted by atomic mass is 31.2. The van der Waals surface area contributed by atoms with E-state index in [9.17, 15) is 9.67 Å². The van der Waals surface area contributed by atoms with Crippen molar-refractivity contribution in [1.82, 2.24) is 0 Å². The van der Waals surface area contributed by atoms with E-state index in [2.05, 4.69) is 20.8 Å². The molecular formula is C27H40NO5P. The number of benzene rings is 2. The van der Waals surface area contributed by atoms with Gasteiger partial charge in [0.2, 0.25) is 0 Å². The van der Waals surface area contributed by atoms with E-state index in [1.54, 1.807) is 25.3 Å². The Morgan fingerprint density at radius 3 is 2.26 bits per heavy atom. The van der Waals surface area contributed by atoms with E-state index < -0.39 is 13.2 Å². The van der Waals surface area contributed by atoms with E-state index in [-0.39, 0.29) is 12.0 Å². The Morgan fingerprint density at radius 1 is 1.03 bits per heavy atom. The first-order valence-electron chi connectivity index (χ1n) is 12.1. The van der Waals surface area contributed by atoms with Gasteiger partial charge in [-0.15, -0.1) is 0 Å². The summed E-state index contributed by atoms with van der Waals surface area (Å²) < 4.78 is 32.2. The normalized spacial score (nSPS) is 23.3. The molecule has 0 aliphatic heterocycles. The molecule has 34 heavy (non-hydrogen) atoms. The Kier molecular flexibility index (Phi) is 8.72. The zero-order chi connectivity index (χ0) is 25.0.